The summed E-state index contributed by atoms with van der Waals surface area (Å²) >= 11 is 0. The molecule has 0 heterocycles. The molecule has 2 N–H and O–H groups in total. The van der Waals surface area contributed by atoms with Crippen LogP contribution in [0.15, 0.2) is 42.5 Å². The van der Waals surface area contributed by atoms with Crippen LogP contribution in [0.25, 0.3) is 0 Å². The van der Waals surface area contributed by atoms with Crippen LogP contribution in [-0.4, -0.2) is 6.61 Å². The highest BCUT2D eigenvalue weighted by Crippen LogP contribution is 2.20. The molecular formula is C15H15F2NO. The first-order valence-electron chi connectivity index (χ1n) is 5.96. The van der Waals surface area contributed by atoms with Gasteiger partial charge < -0.3 is 10.5 Å². The lowest BCUT2D eigenvalue weighted by Gasteiger charge is -2.14. The fourth-order valence-electron chi connectivity index (χ4n) is 1.71. The molecule has 4 heteroatoms. The number of ether oxygens (including phenoxy) is 1. The first kappa shape index (κ1) is 13.5. The number of benzene rings is 2. The van der Waals surface area contributed by atoms with Crippen molar-refractivity contribution >= 4 is 0 Å². The fourth-order valence-corrected chi connectivity index (χ4v) is 1.71. The van der Waals surface area contributed by atoms with Gasteiger partial charge in [-0.25, -0.2) is 8.78 Å². The molecule has 2 nitrogen and oxygen atoms in total. The van der Waals surface area contributed by atoms with Crippen molar-refractivity contribution in [3.8, 4) is 5.75 Å². The van der Waals surface area contributed by atoms with Gasteiger partial charge in [0.15, 0.2) is 11.6 Å². The third kappa shape index (κ3) is 3.51. The van der Waals surface area contributed by atoms with E-state index in [1.54, 1.807) is 24.3 Å². The zero-order valence-corrected chi connectivity index (χ0v) is 10.6. The number of aryl methyl sites for hydroxylation is 1. The van der Waals surface area contributed by atoms with Crippen LogP contribution in [0.5, 0.6) is 5.75 Å². The molecule has 0 aliphatic carbocycles. The van der Waals surface area contributed by atoms with E-state index in [-0.39, 0.29) is 18.2 Å². The van der Waals surface area contributed by atoms with Gasteiger partial charge in [0.25, 0.3) is 0 Å². The van der Waals surface area contributed by atoms with Crippen LogP contribution in [0.1, 0.15) is 17.2 Å². The molecule has 0 saturated carbocycles. The molecule has 0 spiro atoms. The normalized spacial score (nSPS) is 12.2. The van der Waals surface area contributed by atoms with E-state index in [1.807, 2.05) is 6.92 Å². The van der Waals surface area contributed by atoms with E-state index >= 15 is 0 Å². The molecule has 0 amide bonds. The Morgan fingerprint density at radius 1 is 1.11 bits per heavy atom. The Bertz CT molecular complexity index is 555. The van der Waals surface area contributed by atoms with Crippen molar-refractivity contribution in [1.29, 1.82) is 0 Å². The van der Waals surface area contributed by atoms with Gasteiger partial charge in [-0.2, -0.15) is 0 Å². The highest BCUT2D eigenvalue weighted by Gasteiger charge is 2.09. The van der Waals surface area contributed by atoms with Gasteiger partial charge in [-0.3, -0.25) is 0 Å². The molecule has 0 radical (unpaired) electrons. The Labute approximate surface area is 110 Å². The van der Waals surface area contributed by atoms with Crippen molar-refractivity contribution in [3.63, 3.8) is 0 Å². The van der Waals surface area contributed by atoms with Crippen molar-refractivity contribution in [2.45, 2.75) is 13.0 Å². The smallest absolute Gasteiger partial charge is 0.165 e. The second kappa shape index (κ2) is 5.80. The lowest BCUT2D eigenvalue weighted by atomic mass is 10.1. The molecule has 2 rings (SSSR count). The Hall–Kier alpha value is -1.94. The minimum atomic E-state index is -0.430. The highest BCUT2D eigenvalue weighted by molar-refractivity contribution is 5.29. The maximum atomic E-state index is 13.5. The van der Waals surface area contributed by atoms with Crippen LogP contribution in [-0.2, 0) is 0 Å². The lowest BCUT2D eigenvalue weighted by Crippen LogP contribution is -2.19. The molecule has 2 aromatic carbocycles. The molecule has 100 valence electrons. The van der Waals surface area contributed by atoms with E-state index in [9.17, 15) is 8.78 Å². The molecule has 0 aromatic heterocycles. The third-order valence-electron chi connectivity index (χ3n) is 2.80. The summed E-state index contributed by atoms with van der Waals surface area (Å²) in [7, 11) is 0. The van der Waals surface area contributed by atoms with Gasteiger partial charge in [0, 0.05) is 0 Å². The van der Waals surface area contributed by atoms with Crippen molar-refractivity contribution in [2.24, 2.45) is 5.73 Å². The Morgan fingerprint density at radius 3 is 2.47 bits per heavy atom. The number of hydrogen-bond donors (Lipinski definition) is 1. The van der Waals surface area contributed by atoms with Gasteiger partial charge in [-0.05, 0) is 42.3 Å². The van der Waals surface area contributed by atoms with E-state index in [1.165, 1.54) is 18.2 Å². The molecule has 0 bridgehead atoms. The molecule has 0 fully saturated rings. The maximum Gasteiger partial charge on any atom is 0.165 e. The van der Waals surface area contributed by atoms with Gasteiger partial charge in [0.1, 0.15) is 12.4 Å². The Balaban J connectivity index is 2.02. The summed E-state index contributed by atoms with van der Waals surface area (Å²) in [6.07, 6.45) is 0. The molecule has 2 aromatic rings. The van der Waals surface area contributed by atoms with Crippen molar-refractivity contribution in [2.75, 3.05) is 6.61 Å². The molecule has 0 aliphatic heterocycles. The molecule has 1 unspecified atom stereocenters. The second-order valence-corrected chi connectivity index (χ2v) is 4.40. The van der Waals surface area contributed by atoms with Crippen LogP contribution in [0.2, 0.25) is 0 Å². The quantitative estimate of drug-likeness (QED) is 0.918. The molecule has 19 heavy (non-hydrogen) atoms. The van der Waals surface area contributed by atoms with Crippen LogP contribution in [0.3, 0.4) is 0 Å². The number of nitrogens with two attached hydrogens (primary N) is 1. The topological polar surface area (TPSA) is 35.2 Å². The Kier molecular flexibility index (Phi) is 4.12. The standard InChI is InChI=1S/C15H15F2NO/c1-10-2-7-13(17)15(8-10)19-9-14(18)11-3-5-12(16)6-4-11/h2-8,14H,9,18H2,1H3. The summed E-state index contributed by atoms with van der Waals surface area (Å²) in [5, 5.41) is 0. The van der Waals surface area contributed by atoms with E-state index in [2.05, 4.69) is 0 Å². The molecule has 0 saturated heterocycles. The van der Waals surface area contributed by atoms with E-state index in [0.29, 0.717) is 0 Å². The van der Waals surface area contributed by atoms with Crippen molar-refractivity contribution in [1.82, 2.24) is 0 Å². The van der Waals surface area contributed by atoms with Crippen LogP contribution in [0, 0.1) is 18.6 Å². The summed E-state index contributed by atoms with van der Waals surface area (Å²) in [5.74, 6) is -0.559. The zero-order valence-electron chi connectivity index (χ0n) is 10.6. The summed E-state index contributed by atoms with van der Waals surface area (Å²) < 4.78 is 31.6. The summed E-state index contributed by atoms with van der Waals surface area (Å²) in [4.78, 5) is 0. The van der Waals surface area contributed by atoms with Gasteiger partial charge in [0.2, 0.25) is 0 Å². The average molecular weight is 263 g/mol. The first-order valence-corrected chi connectivity index (χ1v) is 5.96. The maximum absolute atomic E-state index is 13.5. The first-order chi connectivity index (χ1) is 9.06. The third-order valence-corrected chi connectivity index (χ3v) is 2.80. The van der Waals surface area contributed by atoms with Gasteiger partial charge in [0.05, 0.1) is 6.04 Å². The fraction of sp³-hybridized carbons (Fsp3) is 0.200. The van der Waals surface area contributed by atoms with Gasteiger partial charge in [-0.15, -0.1) is 0 Å². The SMILES string of the molecule is Cc1ccc(F)c(OCC(N)c2ccc(F)cc2)c1. The summed E-state index contributed by atoms with van der Waals surface area (Å²) in [6.45, 7) is 1.98. The minimum Gasteiger partial charge on any atom is -0.489 e. The number of hydrogen-bond acceptors (Lipinski definition) is 2. The predicted molar refractivity (Wildman–Crippen MR) is 70.0 cm³/mol. The highest BCUT2D eigenvalue weighted by atomic mass is 19.1. The zero-order chi connectivity index (χ0) is 13.8. The van der Waals surface area contributed by atoms with Crippen LogP contribution in [0.4, 0.5) is 8.78 Å². The van der Waals surface area contributed by atoms with E-state index in [0.717, 1.165) is 11.1 Å². The number of halogens is 2. The average Bonchev–Trinajstić information content (AvgIpc) is 2.40. The second-order valence-electron chi connectivity index (χ2n) is 4.40. The van der Waals surface area contributed by atoms with Gasteiger partial charge >= 0.3 is 0 Å². The summed E-state index contributed by atoms with van der Waals surface area (Å²) in [5.41, 5.74) is 7.57. The van der Waals surface area contributed by atoms with Gasteiger partial charge in [-0.1, -0.05) is 18.2 Å². The lowest BCUT2D eigenvalue weighted by molar-refractivity contribution is 0.277. The summed E-state index contributed by atoms with van der Waals surface area (Å²) in [6, 6.07) is 10.1. The minimum absolute atomic E-state index is 0.131. The van der Waals surface area contributed by atoms with Crippen molar-refractivity contribution < 1.29 is 13.5 Å². The van der Waals surface area contributed by atoms with Crippen molar-refractivity contribution in [3.05, 3.63) is 65.2 Å². The van der Waals surface area contributed by atoms with E-state index < -0.39 is 11.9 Å². The Morgan fingerprint density at radius 2 is 1.79 bits per heavy atom. The largest absolute Gasteiger partial charge is 0.489 e. The van der Waals surface area contributed by atoms with E-state index in [4.69, 9.17) is 10.5 Å². The monoisotopic (exact) mass is 263 g/mol. The predicted octanol–water partition coefficient (Wildman–Crippen LogP) is 3.35. The molecule has 0 aliphatic rings. The number of rotatable bonds is 4. The van der Waals surface area contributed by atoms with Crippen LogP contribution >= 0.6 is 0 Å². The van der Waals surface area contributed by atoms with Crippen LogP contribution < -0.4 is 10.5 Å². The molecular weight excluding hydrogens is 248 g/mol. The molecule has 1 atom stereocenters.